The molecule has 0 bridgehead atoms. The molecule has 154 valence electrons. The van der Waals surface area contributed by atoms with Crippen LogP contribution in [0.4, 0.5) is 0 Å². The quantitative estimate of drug-likeness (QED) is 0.240. The van der Waals surface area contributed by atoms with E-state index in [-0.39, 0.29) is 17.0 Å². The second-order valence-corrected chi connectivity index (χ2v) is 8.86. The fourth-order valence-electron chi connectivity index (χ4n) is 2.78. The lowest BCUT2D eigenvalue weighted by molar-refractivity contribution is -0.870. The van der Waals surface area contributed by atoms with Crippen molar-refractivity contribution < 1.29 is 21.5 Å². The zero-order valence-electron chi connectivity index (χ0n) is 17.9. The molecule has 0 radical (unpaired) electrons. The highest BCUT2D eigenvalue weighted by Crippen LogP contribution is 2.13. The van der Waals surface area contributed by atoms with Crippen LogP contribution < -0.4 is 22.7 Å². The summed E-state index contributed by atoms with van der Waals surface area (Å²) in [6.07, 6.45) is 20.4. The average molecular weight is 440 g/mol. The standard InChI is InChI=1S/C19H42N.C2H5NS.BrH/c1-5-6-7-8-9-10-11-12-13-14-15-16-17-18-19-20(2,3)4;1-2(3)4;/h5-19H2,1-4H3;1H3,(H2,3,4);1H/q+1;;/p-1. The summed E-state index contributed by atoms with van der Waals surface area (Å²) in [5.74, 6) is 0. The van der Waals surface area contributed by atoms with Crippen molar-refractivity contribution in [1.29, 1.82) is 0 Å². The normalized spacial score (nSPS) is 10.6. The number of quaternary nitrogens is 1. The molecule has 4 heteroatoms. The number of nitrogens with zero attached hydrogens (tertiary/aromatic N) is 1. The first-order valence-corrected chi connectivity index (χ1v) is 10.8. The molecule has 0 unspecified atom stereocenters. The Labute approximate surface area is 175 Å². The Morgan fingerprint density at radius 2 is 0.920 bits per heavy atom. The Morgan fingerprint density at radius 3 is 1.16 bits per heavy atom. The van der Waals surface area contributed by atoms with Crippen LogP contribution in [-0.4, -0.2) is 37.2 Å². The molecule has 0 aliphatic carbocycles. The van der Waals surface area contributed by atoms with E-state index in [1.807, 2.05) is 0 Å². The van der Waals surface area contributed by atoms with Crippen molar-refractivity contribution in [1.82, 2.24) is 0 Å². The summed E-state index contributed by atoms with van der Waals surface area (Å²) >= 11 is 4.31. The summed E-state index contributed by atoms with van der Waals surface area (Å²) in [5.41, 5.74) is 4.84. The highest BCUT2D eigenvalue weighted by atomic mass is 79.9. The van der Waals surface area contributed by atoms with E-state index < -0.39 is 0 Å². The molecule has 0 aromatic rings. The van der Waals surface area contributed by atoms with Gasteiger partial charge in [0, 0.05) is 0 Å². The van der Waals surface area contributed by atoms with Gasteiger partial charge in [-0.25, -0.2) is 0 Å². The third kappa shape index (κ3) is 40.4. The Morgan fingerprint density at radius 1 is 0.680 bits per heavy atom. The van der Waals surface area contributed by atoms with Gasteiger partial charge in [0.25, 0.3) is 0 Å². The molecule has 0 aromatic heterocycles. The predicted molar refractivity (Wildman–Crippen MR) is 116 cm³/mol. The van der Waals surface area contributed by atoms with Crippen molar-refractivity contribution in [3.8, 4) is 0 Å². The van der Waals surface area contributed by atoms with Gasteiger partial charge in [-0.2, -0.15) is 0 Å². The van der Waals surface area contributed by atoms with Crippen LogP contribution in [0, 0.1) is 0 Å². The van der Waals surface area contributed by atoms with E-state index in [1.54, 1.807) is 6.92 Å². The molecule has 0 aromatic carbocycles. The lowest BCUT2D eigenvalue weighted by atomic mass is 10.0. The van der Waals surface area contributed by atoms with E-state index in [0.717, 1.165) is 4.48 Å². The van der Waals surface area contributed by atoms with E-state index in [2.05, 4.69) is 40.3 Å². The SMILES string of the molecule is CC(N)=S.CCCCCCCCCCCCCCCC[N+](C)(C)C.[Br-]. The maximum absolute atomic E-state index is 4.84. The summed E-state index contributed by atoms with van der Waals surface area (Å²) in [5, 5.41) is 0. The number of unbranched alkanes of at least 4 members (excludes halogenated alkanes) is 13. The highest BCUT2D eigenvalue weighted by molar-refractivity contribution is 7.80. The van der Waals surface area contributed by atoms with Crippen LogP contribution in [0.15, 0.2) is 0 Å². The zero-order valence-corrected chi connectivity index (χ0v) is 20.3. The largest absolute Gasteiger partial charge is 1.00 e. The molecule has 2 nitrogen and oxygen atoms in total. The number of hydrogen-bond acceptors (Lipinski definition) is 1. The molecule has 0 aliphatic heterocycles. The fraction of sp³-hybridized carbons (Fsp3) is 0.952. The Kier molecular flexibility index (Phi) is 26.9. The maximum atomic E-state index is 4.84. The third-order valence-corrected chi connectivity index (χ3v) is 4.18. The molecule has 0 rings (SSSR count). The second kappa shape index (κ2) is 22.4. The van der Waals surface area contributed by atoms with Crippen molar-refractivity contribution in [2.75, 3.05) is 27.7 Å². The molecule has 0 atom stereocenters. The minimum Gasteiger partial charge on any atom is -1.00 e. The van der Waals surface area contributed by atoms with Crippen LogP contribution in [0.2, 0.25) is 0 Å². The fourth-order valence-corrected chi connectivity index (χ4v) is 2.78. The molecule has 0 saturated carbocycles. The molecular formula is C21H47BrN2S. The van der Waals surface area contributed by atoms with Crippen molar-refractivity contribution in [3.63, 3.8) is 0 Å². The van der Waals surface area contributed by atoms with Crippen molar-refractivity contribution >= 4 is 17.2 Å². The summed E-state index contributed by atoms with van der Waals surface area (Å²) in [4.78, 5) is 0.500. The average Bonchev–Trinajstić information content (AvgIpc) is 2.46. The number of nitrogens with two attached hydrogens (primary N) is 1. The zero-order chi connectivity index (χ0) is 18.7. The Balaban J connectivity index is -0.000000867. The van der Waals surface area contributed by atoms with Gasteiger partial charge in [0.05, 0.1) is 32.7 Å². The molecule has 0 fully saturated rings. The van der Waals surface area contributed by atoms with Gasteiger partial charge in [-0.15, -0.1) is 0 Å². The van der Waals surface area contributed by atoms with Gasteiger partial charge in [-0.05, 0) is 19.8 Å². The topological polar surface area (TPSA) is 26.0 Å². The monoisotopic (exact) mass is 438 g/mol. The minimum absolute atomic E-state index is 0. The predicted octanol–water partition coefficient (Wildman–Crippen LogP) is 3.47. The molecule has 0 aliphatic rings. The van der Waals surface area contributed by atoms with Gasteiger partial charge in [0.2, 0.25) is 0 Å². The number of hydrogen-bond donors (Lipinski definition) is 1. The van der Waals surface area contributed by atoms with E-state index in [1.165, 1.54) is 96.4 Å². The van der Waals surface area contributed by atoms with Gasteiger partial charge >= 0.3 is 0 Å². The van der Waals surface area contributed by atoms with Crippen LogP contribution in [0.1, 0.15) is 104 Å². The van der Waals surface area contributed by atoms with Crippen LogP contribution in [0.3, 0.4) is 0 Å². The van der Waals surface area contributed by atoms with Gasteiger partial charge in [0.1, 0.15) is 0 Å². The molecule has 0 heterocycles. The van der Waals surface area contributed by atoms with E-state index in [0.29, 0.717) is 4.99 Å². The first kappa shape index (κ1) is 30.1. The number of rotatable bonds is 15. The summed E-state index contributed by atoms with van der Waals surface area (Å²) < 4.78 is 1.12. The summed E-state index contributed by atoms with van der Waals surface area (Å²) in [6, 6.07) is 0. The highest BCUT2D eigenvalue weighted by Gasteiger charge is 2.04. The summed E-state index contributed by atoms with van der Waals surface area (Å²) in [7, 11) is 6.88. The first-order valence-electron chi connectivity index (χ1n) is 10.4. The Bertz CT molecular complexity index is 261. The lowest BCUT2D eigenvalue weighted by Gasteiger charge is -2.23. The van der Waals surface area contributed by atoms with Gasteiger partial charge in [-0.1, -0.05) is 96.2 Å². The van der Waals surface area contributed by atoms with E-state index in [4.69, 9.17) is 5.73 Å². The van der Waals surface area contributed by atoms with Gasteiger partial charge in [-0.3, -0.25) is 0 Å². The Hall–Kier alpha value is 0.330. The van der Waals surface area contributed by atoms with Crippen LogP contribution in [0.5, 0.6) is 0 Å². The second-order valence-electron chi connectivity index (χ2n) is 8.22. The third-order valence-electron chi connectivity index (χ3n) is 4.18. The van der Waals surface area contributed by atoms with Crippen LogP contribution in [-0.2, 0) is 0 Å². The smallest absolute Gasteiger partial charge is 0.0780 e. The molecule has 25 heavy (non-hydrogen) atoms. The van der Waals surface area contributed by atoms with Crippen molar-refractivity contribution in [2.24, 2.45) is 5.73 Å². The van der Waals surface area contributed by atoms with Gasteiger partial charge in [0.15, 0.2) is 0 Å². The molecule has 0 amide bonds. The number of halogens is 1. The summed E-state index contributed by atoms with van der Waals surface area (Å²) in [6.45, 7) is 5.30. The first-order chi connectivity index (χ1) is 11.3. The molecule has 0 spiro atoms. The lowest BCUT2D eigenvalue weighted by Crippen LogP contribution is -3.00. The molecular weight excluding hydrogens is 392 g/mol. The molecule has 2 N–H and O–H groups in total. The number of thiocarbonyl (C=S) groups is 1. The van der Waals surface area contributed by atoms with Crippen LogP contribution in [0.25, 0.3) is 0 Å². The van der Waals surface area contributed by atoms with E-state index >= 15 is 0 Å². The van der Waals surface area contributed by atoms with Gasteiger partial charge < -0.3 is 27.2 Å². The van der Waals surface area contributed by atoms with E-state index in [9.17, 15) is 0 Å². The van der Waals surface area contributed by atoms with Crippen molar-refractivity contribution in [2.45, 2.75) is 104 Å². The maximum Gasteiger partial charge on any atom is 0.0780 e. The van der Waals surface area contributed by atoms with Crippen molar-refractivity contribution in [3.05, 3.63) is 0 Å². The molecule has 0 saturated heterocycles. The van der Waals surface area contributed by atoms with Crippen LogP contribution >= 0.6 is 12.2 Å². The minimum atomic E-state index is 0.